The Bertz CT molecular complexity index is 408. The summed E-state index contributed by atoms with van der Waals surface area (Å²) in [5.41, 5.74) is 6.26. The lowest BCUT2D eigenvalue weighted by atomic mass is 9.97. The van der Waals surface area contributed by atoms with Crippen LogP contribution < -0.4 is 5.73 Å². The summed E-state index contributed by atoms with van der Waals surface area (Å²) in [5, 5.41) is 0.521. The molecule has 0 aliphatic carbocycles. The molecule has 17 heavy (non-hydrogen) atoms. The fraction of sp³-hybridized carbons (Fsp3) is 0.462. The molecule has 2 N–H and O–H groups in total. The Morgan fingerprint density at radius 1 is 1.47 bits per heavy atom. The third kappa shape index (κ3) is 2.79. The molecule has 1 aromatic rings. The van der Waals surface area contributed by atoms with Crippen LogP contribution in [0.15, 0.2) is 24.3 Å². The number of rotatable bonds is 2. The van der Waals surface area contributed by atoms with Crippen LogP contribution in [0.4, 0.5) is 0 Å². The summed E-state index contributed by atoms with van der Waals surface area (Å²) in [7, 11) is 0. The molecule has 1 fully saturated rings. The van der Waals surface area contributed by atoms with Crippen molar-refractivity contribution in [3.63, 3.8) is 0 Å². The molecule has 1 aliphatic heterocycles. The summed E-state index contributed by atoms with van der Waals surface area (Å²) in [6, 6.07) is 7.19. The maximum atomic E-state index is 12.3. The van der Waals surface area contributed by atoms with Crippen LogP contribution in [0, 0.1) is 5.92 Å². The van der Waals surface area contributed by atoms with Crippen LogP contribution in [-0.4, -0.2) is 30.4 Å². The van der Waals surface area contributed by atoms with Crippen molar-refractivity contribution in [1.82, 2.24) is 4.90 Å². The van der Waals surface area contributed by atoms with Gasteiger partial charge < -0.3 is 10.6 Å². The summed E-state index contributed by atoms with van der Waals surface area (Å²) in [4.78, 5) is 14.1. The summed E-state index contributed by atoms with van der Waals surface area (Å²) in [6.07, 6.45) is 2.14. The molecule has 1 heterocycles. The summed E-state index contributed by atoms with van der Waals surface area (Å²) >= 11 is 6.04. The molecule has 1 aliphatic rings. The molecule has 1 atom stereocenters. The number of nitrogens with two attached hydrogens (primary N) is 1. The van der Waals surface area contributed by atoms with Crippen LogP contribution in [0.2, 0.25) is 5.02 Å². The standard InChI is InChI=1S/C13H17ClN2O/c14-12-6-2-1-5-11(12)13(17)16-7-3-4-10(8-15)9-16/h1-2,5-6,10H,3-4,7-9,15H2/t10-/m1/s1. The van der Waals surface area contributed by atoms with E-state index < -0.39 is 0 Å². The highest BCUT2D eigenvalue weighted by molar-refractivity contribution is 6.33. The van der Waals surface area contributed by atoms with Crippen molar-refractivity contribution in [1.29, 1.82) is 0 Å². The van der Waals surface area contributed by atoms with Gasteiger partial charge in [-0.25, -0.2) is 0 Å². The lowest BCUT2D eigenvalue weighted by Crippen LogP contribution is -2.42. The summed E-state index contributed by atoms with van der Waals surface area (Å²) < 4.78 is 0. The van der Waals surface area contributed by atoms with Gasteiger partial charge in [0.05, 0.1) is 10.6 Å². The molecule has 0 bridgehead atoms. The van der Waals surface area contributed by atoms with E-state index in [-0.39, 0.29) is 5.91 Å². The molecule has 0 aromatic heterocycles. The van der Waals surface area contributed by atoms with Gasteiger partial charge in [-0.05, 0) is 37.4 Å². The first kappa shape index (κ1) is 12.4. The molecule has 0 unspecified atom stereocenters. The molecule has 3 nitrogen and oxygen atoms in total. The quantitative estimate of drug-likeness (QED) is 0.877. The Labute approximate surface area is 107 Å². The van der Waals surface area contributed by atoms with Crippen molar-refractivity contribution < 1.29 is 4.79 Å². The van der Waals surface area contributed by atoms with E-state index in [1.54, 1.807) is 12.1 Å². The second-order valence-corrected chi connectivity index (χ2v) is 4.88. The van der Waals surface area contributed by atoms with Crippen LogP contribution in [-0.2, 0) is 0 Å². The third-order valence-corrected chi connectivity index (χ3v) is 3.57. The molecule has 92 valence electrons. The van der Waals surface area contributed by atoms with Gasteiger partial charge in [0.25, 0.3) is 5.91 Å². The minimum absolute atomic E-state index is 0.0220. The van der Waals surface area contributed by atoms with E-state index in [4.69, 9.17) is 17.3 Å². The Hall–Kier alpha value is -1.06. The van der Waals surface area contributed by atoms with Crippen LogP contribution >= 0.6 is 11.6 Å². The number of carbonyl (C=O) groups excluding carboxylic acids is 1. The molecule has 1 amide bonds. The van der Waals surface area contributed by atoms with Gasteiger partial charge >= 0.3 is 0 Å². The lowest BCUT2D eigenvalue weighted by Gasteiger charge is -2.32. The largest absolute Gasteiger partial charge is 0.338 e. The second kappa shape index (κ2) is 5.52. The zero-order valence-corrected chi connectivity index (χ0v) is 10.5. The zero-order chi connectivity index (χ0) is 12.3. The first-order valence-electron chi connectivity index (χ1n) is 5.96. The van der Waals surface area contributed by atoms with Crippen LogP contribution in [0.1, 0.15) is 23.2 Å². The number of hydrogen-bond donors (Lipinski definition) is 1. The number of nitrogens with zero attached hydrogens (tertiary/aromatic N) is 1. The number of likely N-dealkylation sites (tertiary alicyclic amines) is 1. The minimum Gasteiger partial charge on any atom is -0.338 e. The van der Waals surface area contributed by atoms with Crippen molar-refractivity contribution in [2.45, 2.75) is 12.8 Å². The van der Waals surface area contributed by atoms with Gasteiger partial charge in [0.1, 0.15) is 0 Å². The average molecular weight is 253 g/mol. The first-order chi connectivity index (χ1) is 8.22. The molecular weight excluding hydrogens is 236 g/mol. The predicted molar refractivity (Wildman–Crippen MR) is 69.1 cm³/mol. The Balaban J connectivity index is 2.12. The molecule has 4 heteroatoms. The van der Waals surface area contributed by atoms with Crippen molar-refractivity contribution in [2.24, 2.45) is 11.7 Å². The van der Waals surface area contributed by atoms with Gasteiger partial charge in [-0.15, -0.1) is 0 Å². The molecular formula is C13H17ClN2O. The minimum atomic E-state index is 0.0220. The Morgan fingerprint density at radius 3 is 2.94 bits per heavy atom. The van der Waals surface area contributed by atoms with E-state index in [2.05, 4.69) is 0 Å². The highest BCUT2D eigenvalue weighted by Crippen LogP contribution is 2.21. The van der Waals surface area contributed by atoms with Gasteiger partial charge in [0, 0.05) is 13.1 Å². The molecule has 2 rings (SSSR count). The molecule has 0 saturated carbocycles. The summed E-state index contributed by atoms with van der Waals surface area (Å²) in [6.45, 7) is 2.20. The number of piperidine rings is 1. The van der Waals surface area contributed by atoms with Gasteiger partial charge in [0.15, 0.2) is 0 Å². The normalized spacial score (nSPS) is 20.4. The number of hydrogen-bond acceptors (Lipinski definition) is 2. The van der Waals surface area contributed by atoms with Gasteiger partial charge in [-0.1, -0.05) is 23.7 Å². The van der Waals surface area contributed by atoms with Crippen molar-refractivity contribution in [3.05, 3.63) is 34.9 Å². The number of carbonyl (C=O) groups is 1. The smallest absolute Gasteiger partial charge is 0.255 e. The Kier molecular flexibility index (Phi) is 4.02. The molecule has 1 aromatic carbocycles. The van der Waals surface area contributed by atoms with Gasteiger partial charge in [0.2, 0.25) is 0 Å². The highest BCUT2D eigenvalue weighted by atomic mass is 35.5. The first-order valence-corrected chi connectivity index (χ1v) is 6.34. The van der Waals surface area contributed by atoms with E-state index in [9.17, 15) is 4.79 Å². The molecule has 0 radical (unpaired) electrons. The topological polar surface area (TPSA) is 46.3 Å². The number of amides is 1. The summed E-state index contributed by atoms with van der Waals surface area (Å²) in [5.74, 6) is 0.448. The number of benzene rings is 1. The average Bonchev–Trinajstić information content (AvgIpc) is 2.38. The fourth-order valence-electron chi connectivity index (χ4n) is 2.25. The second-order valence-electron chi connectivity index (χ2n) is 4.47. The fourth-order valence-corrected chi connectivity index (χ4v) is 2.46. The zero-order valence-electron chi connectivity index (χ0n) is 9.73. The lowest BCUT2D eigenvalue weighted by molar-refractivity contribution is 0.0678. The Morgan fingerprint density at radius 2 is 2.24 bits per heavy atom. The van der Waals surface area contributed by atoms with Crippen molar-refractivity contribution in [2.75, 3.05) is 19.6 Å². The van der Waals surface area contributed by atoms with Crippen molar-refractivity contribution in [3.8, 4) is 0 Å². The highest BCUT2D eigenvalue weighted by Gasteiger charge is 2.24. The van der Waals surface area contributed by atoms with Crippen LogP contribution in [0.3, 0.4) is 0 Å². The van der Waals surface area contributed by atoms with Crippen LogP contribution in [0.5, 0.6) is 0 Å². The van der Waals surface area contributed by atoms with Crippen LogP contribution in [0.25, 0.3) is 0 Å². The predicted octanol–water partition coefficient (Wildman–Crippen LogP) is 2.15. The molecule has 0 spiro atoms. The van der Waals surface area contributed by atoms with Crippen molar-refractivity contribution >= 4 is 17.5 Å². The maximum absolute atomic E-state index is 12.3. The molecule has 1 saturated heterocycles. The van der Waals surface area contributed by atoms with E-state index in [0.29, 0.717) is 23.0 Å². The van der Waals surface area contributed by atoms with E-state index in [0.717, 1.165) is 25.9 Å². The number of halogens is 1. The third-order valence-electron chi connectivity index (χ3n) is 3.24. The SMILES string of the molecule is NC[C@H]1CCCN(C(=O)c2ccccc2Cl)C1. The van der Waals surface area contributed by atoms with Gasteiger partial charge in [-0.3, -0.25) is 4.79 Å². The van der Waals surface area contributed by atoms with E-state index in [1.807, 2.05) is 17.0 Å². The van der Waals surface area contributed by atoms with E-state index >= 15 is 0 Å². The van der Waals surface area contributed by atoms with E-state index in [1.165, 1.54) is 0 Å². The van der Waals surface area contributed by atoms with Gasteiger partial charge in [-0.2, -0.15) is 0 Å². The monoisotopic (exact) mass is 252 g/mol. The maximum Gasteiger partial charge on any atom is 0.255 e.